The van der Waals surface area contributed by atoms with Gasteiger partial charge < -0.3 is 20.5 Å². The molecule has 0 aliphatic carbocycles. The number of aliphatic hydroxyl groups is 1. The normalized spacial score (nSPS) is 11.5. The van der Waals surface area contributed by atoms with Crippen molar-refractivity contribution < 1.29 is 19.4 Å². The molecule has 0 aromatic heterocycles. The van der Waals surface area contributed by atoms with Crippen LogP contribution in [0.5, 0.6) is 5.75 Å². The van der Waals surface area contributed by atoms with Gasteiger partial charge in [0.2, 0.25) is 0 Å². The zero-order valence-corrected chi connectivity index (χ0v) is 14.6. The van der Waals surface area contributed by atoms with E-state index in [-0.39, 0.29) is 0 Å². The number of aliphatic hydroxyl groups excluding tert-OH is 1. The summed E-state index contributed by atoms with van der Waals surface area (Å²) in [4.78, 5) is 24.2. The molecule has 0 aliphatic rings. The van der Waals surface area contributed by atoms with Crippen LogP contribution in [0, 0.1) is 0 Å². The molecule has 132 valence electrons. The van der Waals surface area contributed by atoms with E-state index in [4.69, 9.17) is 16.3 Å². The number of halogens is 1. The number of carbonyl (C=O) groups excluding carboxylic acids is 2. The number of benzene rings is 2. The van der Waals surface area contributed by atoms with Gasteiger partial charge in [-0.1, -0.05) is 23.7 Å². The Balaban J connectivity index is 2.32. The second-order valence-electron chi connectivity index (χ2n) is 5.24. The predicted octanol–water partition coefficient (Wildman–Crippen LogP) is 3.31. The minimum Gasteiger partial charge on any atom is -0.494 e. The summed E-state index contributed by atoms with van der Waals surface area (Å²) in [5.41, 5.74) is 0.985. The number of hydrogen-bond donors (Lipinski definition) is 3. The van der Waals surface area contributed by atoms with Gasteiger partial charge in [-0.25, -0.2) is 0 Å². The van der Waals surface area contributed by atoms with Crippen LogP contribution in [0.3, 0.4) is 0 Å². The Morgan fingerprint density at radius 3 is 2.52 bits per heavy atom. The molecule has 1 atom stereocenters. The van der Waals surface area contributed by atoms with Crippen molar-refractivity contribution in [3.8, 4) is 5.75 Å². The van der Waals surface area contributed by atoms with Gasteiger partial charge in [0.15, 0.2) is 0 Å². The Labute approximate surface area is 150 Å². The molecular formula is C18H19ClN2O4. The summed E-state index contributed by atoms with van der Waals surface area (Å²) in [6, 6.07) is 11.5. The molecule has 7 heteroatoms. The van der Waals surface area contributed by atoms with Crippen molar-refractivity contribution in [2.24, 2.45) is 0 Å². The molecule has 0 radical (unpaired) electrons. The molecule has 0 fully saturated rings. The first-order chi connectivity index (χ1) is 11.9. The van der Waals surface area contributed by atoms with Crippen molar-refractivity contribution in [3.63, 3.8) is 0 Å². The fourth-order valence-electron chi connectivity index (χ4n) is 2.06. The van der Waals surface area contributed by atoms with Gasteiger partial charge in [-0.15, -0.1) is 0 Å². The summed E-state index contributed by atoms with van der Waals surface area (Å²) in [6.45, 7) is 3.65. The van der Waals surface area contributed by atoms with Crippen LogP contribution in [0.25, 0.3) is 0 Å². The molecule has 2 aromatic carbocycles. The van der Waals surface area contributed by atoms with Crippen molar-refractivity contribution in [1.82, 2.24) is 0 Å². The van der Waals surface area contributed by atoms with Crippen LogP contribution in [0.1, 0.15) is 24.2 Å². The smallest absolute Gasteiger partial charge is 0.257 e. The number of nitrogens with one attached hydrogen (secondary N) is 2. The number of carbonyl (C=O) groups is 2. The largest absolute Gasteiger partial charge is 0.494 e. The quantitative estimate of drug-likeness (QED) is 0.735. The molecule has 0 bridgehead atoms. The molecule has 3 N–H and O–H groups in total. The van der Waals surface area contributed by atoms with Gasteiger partial charge in [-0.2, -0.15) is 0 Å². The minimum atomic E-state index is -1.18. The van der Waals surface area contributed by atoms with Crippen LogP contribution in [0.4, 0.5) is 11.4 Å². The molecule has 0 saturated heterocycles. The highest BCUT2D eigenvalue weighted by Gasteiger charge is 2.16. The zero-order valence-electron chi connectivity index (χ0n) is 13.9. The van der Waals surface area contributed by atoms with Crippen LogP contribution in [-0.2, 0) is 4.79 Å². The van der Waals surface area contributed by atoms with E-state index in [9.17, 15) is 14.7 Å². The van der Waals surface area contributed by atoms with E-state index in [1.54, 1.807) is 42.5 Å². The number of hydrogen-bond acceptors (Lipinski definition) is 4. The SMILES string of the molecule is CCOc1ccc(NC(=O)[C@@H](C)O)c(NC(=O)c2ccccc2Cl)c1. The van der Waals surface area contributed by atoms with E-state index in [2.05, 4.69) is 10.6 Å². The zero-order chi connectivity index (χ0) is 18.4. The number of anilines is 2. The first kappa shape index (κ1) is 18.8. The summed E-state index contributed by atoms with van der Waals surface area (Å²) in [7, 11) is 0. The van der Waals surface area contributed by atoms with Crippen LogP contribution in [0.2, 0.25) is 5.02 Å². The molecule has 0 heterocycles. The third-order valence-corrected chi connectivity index (χ3v) is 3.64. The van der Waals surface area contributed by atoms with Crippen molar-refractivity contribution in [2.45, 2.75) is 20.0 Å². The van der Waals surface area contributed by atoms with E-state index in [1.807, 2.05) is 6.92 Å². The predicted molar refractivity (Wildman–Crippen MR) is 97.3 cm³/mol. The van der Waals surface area contributed by atoms with Gasteiger partial charge in [0, 0.05) is 6.07 Å². The second kappa shape index (κ2) is 8.50. The Morgan fingerprint density at radius 1 is 1.16 bits per heavy atom. The van der Waals surface area contributed by atoms with Gasteiger partial charge in [0.05, 0.1) is 28.6 Å². The fraction of sp³-hybridized carbons (Fsp3) is 0.222. The van der Waals surface area contributed by atoms with Gasteiger partial charge in [0.25, 0.3) is 11.8 Å². The molecule has 0 aliphatic heterocycles. The summed E-state index contributed by atoms with van der Waals surface area (Å²) in [6.07, 6.45) is -1.18. The lowest BCUT2D eigenvalue weighted by Gasteiger charge is -2.15. The maximum Gasteiger partial charge on any atom is 0.257 e. The van der Waals surface area contributed by atoms with Gasteiger partial charge in [-0.3, -0.25) is 9.59 Å². The summed E-state index contributed by atoms with van der Waals surface area (Å²) in [5.74, 6) is -0.476. The van der Waals surface area contributed by atoms with E-state index in [0.29, 0.717) is 34.3 Å². The number of amides is 2. The van der Waals surface area contributed by atoms with E-state index >= 15 is 0 Å². The van der Waals surface area contributed by atoms with E-state index in [0.717, 1.165) is 0 Å². The summed E-state index contributed by atoms with van der Waals surface area (Å²) < 4.78 is 5.43. The molecule has 6 nitrogen and oxygen atoms in total. The second-order valence-corrected chi connectivity index (χ2v) is 5.65. The lowest BCUT2D eigenvalue weighted by molar-refractivity contribution is -0.123. The molecule has 2 aromatic rings. The Hall–Kier alpha value is -2.57. The van der Waals surface area contributed by atoms with Gasteiger partial charge in [-0.05, 0) is 38.1 Å². The first-order valence-electron chi connectivity index (χ1n) is 7.74. The average Bonchev–Trinajstić information content (AvgIpc) is 2.57. The topological polar surface area (TPSA) is 87.7 Å². The third kappa shape index (κ3) is 4.95. The van der Waals surface area contributed by atoms with E-state index < -0.39 is 17.9 Å². The van der Waals surface area contributed by atoms with Crippen LogP contribution < -0.4 is 15.4 Å². The van der Waals surface area contributed by atoms with Crippen molar-refractivity contribution in [2.75, 3.05) is 17.2 Å². The summed E-state index contributed by atoms with van der Waals surface area (Å²) in [5, 5.41) is 15.0. The highest BCUT2D eigenvalue weighted by Crippen LogP contribution is 2.28. The molecule has 2 amide bonds. The minimum absolute atomic E-state index is 0.304. The van der Waals surface area contributed by atoms with Crippen molar-refractivity contribution in [1.29, 1.82) is 0 Å². The Kier molecular flexibility index (Phi) is 6.38. The highest BCUT2D eigenvalue weighted by atomic mass is 35.5. The van der Waals surface area contributed by atoms with Crippen molar-refractivity contribution >= 4 is 34.8 Å². The van der Waals surface area contributed by atoms with E-state index in [1.165, 1.54) is 6.92 Å². The van der Waals surface area contributed by atoms with Gasteiger partial charge in [0.1, 0.15) is 11.9 Å². The molecule has 0 unspecified atom stereocenters. The van der Waals surface area contributed by atoms with Crippen LogP contribution in [0.15, 0.2) is 42.5 Å². The lowest BCUT2D eigenvalue weighted by atomic mass is 10.2. The maximum atomic E-state index is 12.5. The van der Waals surface area contributed by atoms with Crippen molar-refractivity contribution in [3.05, 3.63) is 53.1 Å². The van der Waals surface area contributed by atoms with Crippen LogP contribution in [-0.4, -0.2) is 29.6 Å². The average molecular weight is 363 g/mol. The molecule has 2 rings (SSSR count). The number of ether oxygens (including phenoxy) is 1. The first-order valence-corrected chi connectivity index (χ1v) is 8.11. The molecule has 25 heavy (non-hydrogen) atoms. The van der Waals surface area contributed by atoms with Gasteiger partial charge >= 0.3 is 0 Å². The fourth-order valence-corrected chi connectivity index (χ4v) is 2.29. The Morgan fingerprint density at radius 2 is 1.88 bits per heavy atom. The Bertz CT molecular complexity index is 777. The standard InChI is InChI=1S/C18H19ClN2O4/c1-3-25-12-8-9-15(20-17(23)11(2)22)16(10-12)21-18(24)13-6-4-5-7-14(13)19/h4-11,22H,3H2,1-2H3,(H,20,23)(H,21,24)/t11-/m1/s1. The molecule has 0 spiro atoms. The summed E-state index contributed by atoms with van der Waals surface area (Å²) >= 11 is 6.04. The lowest BCUT2D eigenvalue weighted by Crippen LogP contribution is -2.25. The van der Waals surface area contributed by atoms with Crippen LogP contribution >= 0.6 is 11.6 Å². The molecular weight excluding hydrogens is 344 g/mol. The number of rotatable bonds is 6. The molecule has 0 saturated carbocycles. The monoisotopic (exact) mass is 362 g/mol. The highest BCUT2D eigenvalue weighted by molar-refractivity contribution is 6.34. The maximum absolute atomic E-state index is 12.5. The third-order valence-electron chi connectivity index (χ3n) is 3.31.